The Hall–Kier alpha value is -2.57. The standard InChI is InChI=1S/C20H26N2O5/c1-20(19(25)26)10-11-22(12-20)18(24)15-8-9-16(23)21(2)17(15)13-4-6-14(27-3)7-5-13/h4-7,15,17H,8-12H2,1-3H3,(H,25,26). The van der Waals surface area contributed by atoms with E-state index in [1.54, 1.807) is 30.9 Å². The molecule has 27 heavy (non-hydrogen) atoms. The summed E-state index contributed by atoms with van der Waals surface area (Å²) in [5.41, 5.74) is -0.0216. The number of hydrogen-bond acceptors (Lipinski definition) is 4. The molecule has 1 N–H and O–H groups in total. The molecule has 7 heteroatoms. The first-order valence-corrected chi connectivity index (χ1v) is 9.18. The van der Waals surface area contributed by atoms with E-state index in [2.05, 4.69) is 0 Å². The summed E-state index contributed by atoms with van der Waals surface area (Å²) in [6, 6.07) is 7.04. The average Bonchev–Trinajstić information content (AvgIpc) is 3.07. The Balaban J connectivity index is 1.86. The molecule has 0 bridgehead atoms. The van der Waals surface area contributed by atoms with Crippen molar-refractivity contribution in [2.24, 2.45) is 11.3 Å². The number of methoxy groups -OCH3 is 1. The predicted molar refractivity (Wildman–Crippen MR) is 98.2 cm³/mol. The SMILES string of the molecule is COc1ccc(C2C(C(=O)N3CCC(C)(C(=O)O)C3)CCC(=O)N2C)cc1. The quantitative estimate of drug-likeness (QED) is 0.870. The average molecular weight is 374 g/mol. The number of carbonyl (C=O) groups excluding carboxylic acids is 2. The van der Waals surface area contributed by atoms with Crippen LogP contribution < -0.4 is 4.74 Å². The van der Waals surface area contributed by atoms with Gasteiger partial charge in [-0.15, -0.1) is 0 Å². The highest BCUT2D eigenvalue weighted by atomic mass is 16.5. The van der Waals surface area contributed by atoms with Gasteiger partial charge < -0.3 is 19.6 Å². The molecule has 2 aliphatic rings. The largest absolute Gasteiger partial charge is 0.497 e. The van der Waals surface area contributed by atoms with E-state index in [1.807, 2.05) is 24.3 Å². The van der Waals surface area contributed by atoms with Crippen molar-refractivity contribution >= 4 is 17.8 Å². The molecule has 2 amide bonds. The van der Waals surface area contributed by atoms with Gasteiger partial charge in [-0.1, -0.05) is 12.1 Å². The van der Waals surface area contributed by atoms with Crippen LogP contribution in [0.1, 0.15) is 37.8 Å². The Labute approximate surface area is 158 Å². The lowest BCUT2D eigenvalue weighted by Gasteiger charge is -2.40. The zero-order chi connectivity index (χ0) is 19.8. The van der Waals surface area contributed by atoms with E-state index in [0.29, 0.717) is 31.6 Å². The maximum Gasteiger partial charge on any atom is 0.311 e. The zero-order valence-corrected chi connectivity index (χ0v) is 16.0. The molecule has 2 fully saturated rings. The minimum absolute atomic E-state index is 0.0108. The van der Waals surface area contributed by atoms with Crippen LogP contribution in [0.5, 0.6) is 5.75 Å². The molecule has 0 spiro atoms. The monoisotopic (exact) mass is 374 g/mol. The summed E-state index contributed by atoms with van der Waals surface area (Å²) in [4.78, 5) is 40.3. The van der Waals surface area contributed by atoms with Crippen molar-refractivity contribution in [3.05, 3.63) is 29.8 Å². The number of benzene rings is 1. The summed E-state index contributed by atoms with van der Waals surface area (Å²) in [5, 5.41) is 9.44. The topological polar surface area (TPSA) is 87.1 Å². The lowest BCUT2D eigenvalue weighted by atomic mass is 9.83. The number of amides is 2. The van der Waals surface area contributed by atoms with E-state index in [9.17, 15) is 19.5 Å². The molecule has 3 atom stereocenters. The van der Waals surface area contributed by atoms with Crippen LogP contribution in [0.15, 0.2) is 24.3 Å². The summed E-state index contributed by atoms with van der Waals surface area (Å²) < 4.78 is 5.19. The van der Waals surface area contributed by atoms with E-state index in [0.717, 1.165) is 5.56 Å². The molecule has 3 unspecified atom stereocenters. The van der Waals surface area contributed by atoms with Crippen molar-refractivity contribution in [1.29, 1.82) is 0 Å². The molecule has 1 aromatic carbocycles. The summed E-state index contributed by atoms with van der Waals surface area (Å²) in [5.74, 6) is -0.599. The summed E-state index contributed by atoms with van der Waals surface area (Å²) in [6.45, 7) is 2.33. The molecule has 2 saturated heterocycles. The highest BCUT2D eigenvalue weighted by Gasteiger charge is 2.46. The van der Waals surface area contributed by atoms with Gasteiger partial charge in [-0.25, -0.2) is 0 Å². The third-order valence-electron chi connectivity index (χ3n) is 5.94. The Kier molecular flexibility index (Phi) is 5.13. The first kappa shape index (κ1) is 19.2. The van der Waals surface area contributed by atoms with Crippen molar-refractivity contribution < 1.29 is 24.2 Å². The Morgan fingerprint density at radius 1 is 1.26 bits per heavy atom. The second-order valence-corrected chi connectivity index (χ2v) is 7.74. The molecular formula is C20H26N2O5. The molecular weight excluding hydrogens is 348 g/mol. The molecule has 3 rings (SSSR count). The van der Waals surface area contributed by atoms with Gasteiger partial charge in [-0.05, 0) is 37.5 Å². The van der Waals surface area contributed by atoms with Gasteiger partial charge >= 0.3 is 5.97 Å². The van der Waals surface area contributed by atoms with E-state index in [1.165, 1.54) is 0 Å². The molecule has 2 heterocycles. The van der Waals surface area contributed by atoms with Gasteiger partial charge in [0.25, 0.3) is 0 Å². The summed E-state index contributed by atoms with van der Waals surface area (Å²) >= 11 is 0. The van der Waals surface area contributed by atoms with Gasteiger partial charge in [0.15, 0.2) is 0 Å². The number of ether oxygens (including phenoxy) is 1. The molecule has 0 radical (unpaired) electrons. The maximum atomic E-state index is 13.2. The van der Waals surface area contributed by atoms with Gasteiger partial charge in [0.05, 0.1) is 24.5 Å². The number of nitrogens with zero attached hydrogens (tertiary/aromatic N) is 2. The van der Waals surface area contributed by atoms with Crippen LogP contribution in [0.3, 0.4) is 0 Å². The maximum absolute atomic E-state index is 13.2. The van der Waals surface area contributed by atoms with Crippen molar-refractivity contribution in [2.75, 3.05) is 27.2 Å². The second kappa shape index (κ2) is 7.21. The van der Waals surface area contributed by atoms with Crippen molar-refractivity contribution in [3.8, 4) is 5.75 Å². The molecule has 0 saturated carbocycles. The van der Waals surface area contributed by atoms with Gasteiger partial charge in [0.1, 0.15) is 5.75 Å². The van der Waals surface area contributed by atoms with Crippen LogP contribution in [0.4, 0.5) is 0 Å². The van der Waals surface area contributed by atoms with E-state index >= 15 is 0 Å². The second-order valence-electron chi connectivity index (χ2n) is 7.74. The van der Waals surface area contributed by atoms with Crippen molar-refractivity contribution in [3.63, 3.8) is 0 Å². The van der Waals surface area contributed by atoms with Gasteiger partial charge in [0.2, 0.25) is 11.8 Å². The molecule has 7 nitrogen and oxygen atoms in total. The van der Waals surface area contributed by atoms with Gasteiger partial charge in [0, 0.05) is 26.6 Å². The predicted octanol–water partition coefficient (Wildman–Crippen LogP) is 1.93. The Morgan fingerprint density at radius 3 is 2.48 bits per heavy atom. The van der Waals surface area contributed by atoms with E-state index in [4.69, 9.17) is 4.74 Å². The highest BCUT2D eigenvalue weighted by molar-refractivity contribution is 5.86. The number of hydrogen-bond donors (Lipinski definition) is 1. The summed E-state index contributed by atoms with van der Waals surface area (Å²) in [6.07, 6.45) is 1.24. The lowest BCUT2D eigenvalue weighted by molar-refractivity contribution is -0.148. The third-order valence-corrected chi connectivity index (χ3v) is 5.94. The van der Waals surface area contributed by atoms with E-state index in [-0.39, 0.29) is 30.3 Å². The summed E-state index contributed by atoms with van der Waals surface area (Å²) in [7, 11) is 3.31. The number of likely N-dealkylation sites (tertiary alicyclic amines) is 2. The molecule has 2 aliphatic heterocycles. The first-order valence-electron chi connectivity index (χ1n) is 9.18. The van der Waals surface area contributed by atoms with Crippen LogP contribution >= 0.6 is 0 Å². The number of carboxylic acid groups (broad SMARTS) is 1. The minimum atomic E-state index is -0.901. The fourth-order valence-electron chi connectivity index (χ4n) is 4.11. The number of rotatable bonds is 4. The number of piperidine rings is 1. The van der Waals surface area contributed by atoms with Crippen LogP contribution in [-0.4, -0.2) is 59.9 Å². The van der Waals surface area contributed by atoms with Crippen LogP contribution in [0, 0.1) is 11.3 Å². The number of carboxylic acids is 1. The zero-order valence-electron chi connectivity index (χ0n) is 16.0. The Morgan fingerprint density at radius 2 is 1.93 bits per heavy atom. The van der Waals surface area contributed by atoms with E-state index < -0.39 is 11.4 Å². The minimum Gasteiger partial charge on any atom is -0.497 e. The lowest BCUT2D eigenvalue weighted by Crippen LogP contribution is -2.47. The Bertz CT molecular complexity index is 747. The molecule has 146 valence electrons. The number of aliphatic carboxylic acids is 1. The van der Waals surface area contributed by atoms with Crippen molar-refractivity contribution in [1.82, 2.24) is 9.80 Å². The normalized spacial score (nSPS) is 28.3. The van der Waals surface area contributed by atoms with Gasteiger partial charge in [-0.2, -0.15) is 0 Å². The number of carbonyl (C=O) groups is 3. The molecule has 1 aromatic rings. The van der Waals surface area contributed by atoms with Crippen LogP contribution in [-0.2, 0) is 14.4 Å². The van der Waals surface area contributed by atoms with Crippen LogP contribution in [0.25, 0.3) is 0 Å². The van der Waals surface area contributed by atoms with Gasteiger partial charge in [-0.3, -0.25) is 14.4 Å². The smallest absolute Gasteiger partial charge is 0.311 e. The fraction of sp³-hybridized carbons (Fsp3) is 0.550. The first-order chi connectivity index (χ1) is 12.8. The fourth-order valence-corrected chi connectivity index (χ4v) is 4.11. The molecule has 0 aromatic heterocycles. The third kappa shape index (κ3) is 3.50. The van der Waals surface area contributed by atoms with Crippen molar-refractivity contribution in [2.45, 2.75) is 32.2 Å². The molecule has 0 aliphatic carbocycles. The van der Waals surface area contributed by atoms with Crippen LogP contribution in [0.2, 0.25) is 0 Å². The highest BCUT2D eigenvalue weighted by Crippen LogP contribution is 2.39.